The lowest BCUT2D eigenvalue weighted by atomic mass is 10.0. The second-order valence-electron chi connectivity index (χ2n) is 7.15. The summed E-state index contributed by atoms with van der Waals surface area (Å²) < 4.78 is 0. The van der Waals surface area contributed by atoms with Crippen molar-refractivity contribution in [1.29, 1.82) is 0 Å². The van der Waals surface area contributed by atoms with Gasteiger partial charge in [-0.3, -0.25) is 4.79 Å². The zero-order valence-electron chi connectivity index (χ0n) is 17.3. The molecule has 2 aromatic rings. The maximum atomic E-state index is 12.8. The number of halogens is 1. The number of aromatic nitrogens is 1. The molecule has 0 bridgehead atoms. The Balaban J connectivity index is 0.00000300. The molecule has 2 N–H and O–H groups in total. The average Bonchev–Trinajstić information content (AvgIpc) is 3.19. The Morgan fingerprint density at radius 3 is 2.83 bits per heavy atom. The van der Waals surface area contributed by atoms with E-state index in [9.17, 15) is 4.79 Å². The van der Waals surface area contributed by atoms with Crippen LogP contribution < -0.4 is 15.5 Å². The molecule has 0 saturated heterocycles. The highest BCUT2D eigenvalue weighted by molar-refractivity contribution is 14.0. The predicted molar refractivity (Wildman–Crippen MR) is 132 cm³/mol. The lowest BCUT2D eigenvalue weighted by Gasteiger charge is -2.29. The van der Waals surface area contributed by atoms with E-state index in [0.717, 1.165) is 42.3 Å². The highest BCUT2D eigenvalue weighted by atomic mass is 127. The van der Waals surface area contributed by atoms with Crippen molar-refractivity contribution in [2.45, 2.75) is 46.1 Å². The van der Waals surface area contributed by atoms with E-state index in [4.69, 9.17) is 0 Å². The third-order valence-corrected chi connectivity index (χ3v) is 5.56. The summed E-state index contributed by atoms with van der Waals surface area (Å²) in [5, 5.41) is 9.61. The zero-order valence-corrected chi connectivity index (χ0v) is 20.4. The van der Waals surface area contributed by atoms with Crippen molar-refractivity contribution in [1.82, 2.24) is 15.6 Å². The first-order chi connectivity index (χ1) is 13.6. The Labute approximate surface area is 194 Å². The highest BCUT2D eigenvalue weighted by Gasteiger charge is 2.21. The number of amides is 1. The Morgan fingerprint density at radius 2 is 2.10 bits per heavy atom. The van der Waals surface area contributed by atoms with E-state index in [1.807, 2.05) is 30.0 Å². The first-order valence-corrected chi connectivity index (χ1v) is 10.8. The van der Waals surface area contributed by atoms with Gasteiger partial charge >= 0.3 is 0 Å². The van der Waals surface area contributed by atoms with Crippen molar-refractivity contribution in [3.8, 4) is 0 Å². The molecule has 1 aromatic heterocycles. The Bertz CT molecular complexity index is 836. The zero-order chi connectivity index (χ0) is 19.9. The number of anilines is 1. The van der Waals surface area contributed by atoms with Crippen LogP contribution in [0.4, 0.5) is 5.69 Å². The standard InChI is InChI=1S/C21H29N5OS.HI/c1-4-22-21(23-12-19-25-17(14-28-19)15(2)3)24-13-20(27)26-11-7-9-16-8-5-6-10-18(16)26;/h5-6,8,10,14-15H,4,7,9,11-13H2,1-3H3,(H2,22,23,24);1H. The van der Waals surface area contributed by atoms with Gasteiger partial charge < -0.3 is 15.5 Å². The molecular weight excluding hydrogens is 497 g/mol. The monoisotopic (exact) mass is 527 g/mol. The third-order valence-electron chi connectivity index (χ3n) is 4.70. The maximum Gasteiger partial charge on any atom is 0.248 e. The van der Waals surface area contributed by atoms with Crippen LogP contribution >= 0.6 is 35.3 Å². The number of benzene rings is 1. The van der Waals surface area contributed by atoms with Crippen LogP contribution in [0, 0.1) is 0 Å². The van der Waals surface area contributed by atoms with E-state index in [1.54, 1.807) is 11.3 Å². The molecule has 0 radical (unpaired) electrons. The number of carbonyl (C=O) groups is 1. The summed E-state index contributed by atoms with van der Waals surface area (Å²) in [6.45, 7) is 8.52. The lowest BCUT2D eigenvalue weighted by Crippen LogP contribution is -2.40. The van der Waals surface area contributed by atoms with Gasteiger partial charge in [0.25, 0.3) is 0 Å². The molecule has 29 heavy (non-hydrogen) atoms. The molecule has 1 aliphatic heterocycles. The van der Waals surface area contributed by atoms with E-state index in [1.165, 1.54) is 5.56 Å². The van der Waals surface area contributed by atoms with Crippen LogP contribution in [0.15, 0.2) is 34.6 Å². The number of carbonyl (C=O) groups excluding carboxylic acids is 1. The van der Waals surface area contributed by atoms with Crippen LogP contribution in [0.3, 0.4) is 0 Å². The van der Waals surface area contributed by atoms with E-state index in [2.05, 4.69) is 45.9 Å². The molecule has 0 aliphatic carbocycles. The van der Waals surface area contributed by atoms with Gasteiger partial charge in [0.15, 0.2) is 5.96 Å². The van der Waals surface area contributed by atoms with Gasteiger partial charge in [-0.1, -0.05) is 32.0 Å². The Hall–Kier alpha value is -1.68. The van der Waals surface area contributed by atoms with E-state index < -0.39 is 0 Å². The van der Waals surface area contributed by atoms with Gasteiger partial charge in [-0.15, -0.1) is 35.3 Å². The number of guanidine groups is 1. The van der Waals surface area contributed by atoms with Crippen LogP contribution in [0.5, 0.6) is 0 Å². The molecule has 0 fully saturated rings. The molecule has 3 rings (SSSR count). The number of hydrogen-bond acceptors (Lipinski definition) is 4. The number of hydrogen-bond donors (Lipinski definition) is 2. The number of aryl methyl sites for hydroxylation is 1. The van der Waals surface area contributed by atoms with Gasteiger partial charge in [0.1, 0.15) is 11.6 Å². The minimum atomic E-state index is 0. The number of aliphatic imine (C=N–C) groups is 1. The summed E-state index contributed by atoms with van der Waals surface area (Å²) in [7, 11) is 0. The SMILES string of the molecule is CCNC(=NCC(=O)N1CCCc2ccccc21)NCc1nc(C(C)C)cs1.I. The van der Waals surface area contributed by atoms with Crippen LogP contribution in [-0.4, -0.2) is 36.5 Å². The molecule has 1 aliphatic rings. The van der Waals surface area contributed by atoms with Gasteiger partial charge in [-0.25, -0.2) is 9.98 Å². The normalized spacial score (nSPS) is 13.7. The topological polar surface area (TPSA) is 69.6 Å². The van der Waals surface area contributed by atoms with Crippen molar-refractivity contribution in [2.75, 3.05) is 24.5 Å². The first-order valence-electron chi connectivity index (χ1n) is 9.93. The van der Waals surface area contributed by atoms with Crippen molar-refractivity contribution >= 4 is 52.9 Å². The van der Waals surface area contributed by atoms with Gasteiger partial charge in [0.05, 0.1) is 12.2 Å². The van der Waals surface area contributed by atoms with Crippen molar-refractivity contribution in [2.24, 2.45) is 4.99 Å². The molecule has 6 nitrogen and oxygen atoms in total. The highest BCUT2D eigenvalue weighted by Crippen LogP contribution is 2.26. The van der Waals surface area contributed by atoms with Crippen LogP contribution in [0.2, 0.25) is 0 Å². The summed E-state index contributed by atoms with van der Waals surface area (Å²) in [6.07, 6.45) is 2.02. The van der Waals surface area contributed by atoms with E-state index >= 15 is 0 Å². The molecule has 2 heterocycles. The quantitative estimate of drug-likeness (QED) is 0.340. The van der Waals surface area contributed by atoms with Crippen molar-refractivity contribution < 1.29 is 4.79 Å². The molecule has 1 amide bonds. The van der Waals surface area contributed by atoms with Crippen LogP contribution in [0.1, 0.15) is 49.4 Å². The maximum absolute atomic E-state index is 12.8. The summed E-state index contributed by atoms with van der Waals surface area (Å²) in [5.74, 6) is 1.10. The number of fused-ring (bicyclic) bond motifs is 1. The van der Waals surface area contributed by atoms with Gasteiger partial charge in [0, 0.05) is 24.2 Å². The second-order valence-corrected chi connectivity index (χ2v) is 8.09. The Kier molecular flexibility index (Phi) is 9.35. The summed E-state index contributed by atoms with van der Waals surface area (Å²) in [4.78, 5) is 23.8. The third kappa shape index (κ3) is 6.40. The fourth-order valence-corrected chi connectivity index (χ4v) is 4.09. The van der Waals surface area contributed by atoms with Gasteiger partial charge in [-0.2, -0.15) is 0 Å². The number of nitrogens with one attached hydrogen (secondary N) is 2. The molecule has 0 unspecified atom stereocenters. The number of rotatable bonds is 6. The van der Waals surface area contributed by atoms with Crippen LogP contribution in [-0.2, 0) is 17.8 Å². The molecule has 0 spiro atoms. The van der Waals surface area contributed by atoms with Gasteiger partial charge in [0.2, 0.25) is 5.91 Å². The number of para-hydroxylation sites is 1. The van der Waals surface area contributed by atoms with E-state index in [-0.39, 0.29) is 36.4 Å². The second kappa shape index (κ2) is 11.5. The average molecular weight is 527 g/mol. The molecule has 0 atom stereocenters. The summed E-state index contributed by atoms with van der Waals surface area (Å²) >= 11 is 1.65. The Morgan fingerprint density at radius 1 is 1.31 bits per heavy atom. The largest absolute Gasteiger partial charge is 0.357 e. The van der Waals surface area contributed by atoms with Crippen LogP contribution in [0.25, 0.3) is 0 Å². The predicted octanol–water partition coefficient (Wildman–Crippen LogP) is 3.92. The van der Waals surface area contributed by atoms with Gasteiger partial charge in [-0.05, 0) is 37.3 Å². The molecular formula is C21H30IN5OS. The fourth-order valence-electron chi connectivity index (χ4n) is 3.20. The fraction of sp³-hybridized carbons (Fsp3) is 0.476. The summed E-state index contributed by atoms with van der Waals surface area (Å²) in [6, 6.07) is 8.14. The summed E-state index contributed by atoms with van der Waals surface area (Å²) in [5.41, 5.74) is 3.37. The lowest BCUT2D eigenvalue weighted by molar-refractivity contribution is -0.117. The molecule has 1 aromatic carbocycles. The van der Waals surface area contributed by atoms with E-state index in [0.29, 0.717) is 18.4 Å². The molecule has 0 saturated carbocycles. The minimum Gasteiger partial charge on any atom is -0.357 e. The van der Waals surface area contributed by atoms with Crippen molar-refractivity contribution in [3.05, 3.63) is 45.9 Å². The van der Waals surface area contributed by atoms with Crippen molar-refractivity contribution in [3.63, 3.8) is 0 Å². The number of thiazole rings is 1. The number of nitrogens with zero attached hydrogens (tertiary/aromatic N) is 3. The molecule has 8 heteroatoms. The smallest absolute Gasteiger partial charge is 0.248 e. The minimum absolute atomic E-state index is 0. The molecule has 158 valence electrons. The first kappa shape index (κ1) is 23.6.